The summed E-state index contributed by atoms with van der Waals surface area (Å²) in [7, 11) is 0. The molecule has 0 spiro atoms. The van der Waals surface area contributed by atoms with Gasteiger partial charge in [0.25, 0.3) is 0 Å². The second kappa shape index (κ2) is 4.70. The summed E-state index contributed by atoms with van der Waals surface area (Å²) in [6, 6.07) is 0. The normalized spacial score (nSPS) is 50.6. The molecule has 0 aromatic rings. The lowest BCUT2D eigenvalue weighted by atomic mass is 9.80. The molecule has 4 fully saturated rings. The van der Waals surface area contributed by atoms with Gasteiger partial charge in [0.1, 0.15) is 6.10 Å². The van der Waals surface area contributed by atoms with Crippen molar-refractivity contribution in [2.24, 2.45) is 17.8 Å². The summed E-state index contributed by atoms with van der Waals surface area (Å²) in [4.78, 5) is 12.4. The molecule has 0 bridgehead atoms. The highest BCUT2D eigenvalue weighted by atomic mass is 16.6. The van der Waals surface area contributed by atoms with Crippen LogP contribution in [0.3, 0.4) is 0 Å². The van der Waals surface area contributed by atoms with Crippen LogP contribution in [-0.2, 0) is 19.0 Å². The molecule has 2 heterocycles. The average Bonchev–Trinajstić information content (AvgIpc) is 3.30. The van der Waals surface area contributed by atoms with Gasteiger partial charge in [-0.05, 0) is 50.9 Å². The Morgan fingerprint density at radius 2 is 1.75 bits per heavy atom. The number of hydrogen-bond acceptors (Lipinski definition) is 4. The summed E-state index contributed by atoms with van der Waals surface area (Å²) < 4.78 is 16.9. The smallest absolute Gasteiger partial charge is 0.309 e. The summed E-state index contributed by atoms with van der Waals surface area (Å²) in [5, 5.41) is 0. The van der Waals surface area contributed by atoms with Crippen LogP contribution in [0.5, 0.6) is 0 Å². The minimum atomic E-state index is -0.00205. The van der Waals surface area contributed by atoms with Crippen LogP contribution in [0.4, 0.5) is 0 Å². The first-order valence-electron chi connectivity index (χ1n) is 8.13. The monoisotopic (exact) mass is 280 g/mol. The van der Waals surface area contributed by atoms with Crippen molar-refractivity contribution in [2.75, 3.05) is 0 Å². The quantitative estimate of drug-likeness (QED) is 0.588. The highest BCUT2D eigenvalue weighted by molar-refractivity contribution is 5.73. The lowest BCUT2D eigenvalue weighted by Crippen LogP contribution is -2.35. The first-order valence-corrected chi connectivity index (χ1v) is 8.13. The maximum Gasteiger partial charge on any atom is 0.309 e. The summed E-state index contributed by atoms with van der Waals surface area (Å²) in [5.41, 5.74) is 0. The molecular formula is C16H24O4. The van der Waals surface area contributed by atoms with E-state index < -0.39 is 0 Å². The van der Waals surface area contributed by atoms with Gasteiger partial charge in [0, 0.05) is 0 Å². The third kappa shape index (κ3) is 2.37. The molecule has 0 radical (unpaired) electrons. The first-order chi connectivity index (χ1) is 9.61. The maximum absolute atomic E-state index is 12.4. The van der Waals surface area contributed by atoms with Gasteiger partial charge < -0.3 is 14.2 Å². The number of carbonyl (C=O) groups excluding carboxylic acids is 1. The fourth-order valence-corrected chi connectivity index (χ4v) is 4.16. The van der Waals surface area contributed by atoms with E-state index in [1.807, 2.05) is 0 Å². The molecule has 4 aliphatic rings. The Kier molecular flexibility index (Phi) is 3.08. The van der Waals surface area contributed by atoms with Crippen LogP contribution in [-0.4, -0.2) is 36.5 Å². The second-order valence-electron chi connectivity index (χ2n) is 7.20. The van der Waals surface area contributed by atoms with Gasteiger partial charge in [-0.1, -0.05) is 6.92 Å². The zero-order chi connectivity index (χ0) is 13.9. The van der Waals surface area contributed by atoms with Gasteiger partial charge in [0.05, 0.1) is 30.3 Å². The lowest BCUT2D eigenvalue weighted by molar-refractivity contribution is -0.159. The molecule has 112 valence electrons. The van der Waals surface area contributed by atoms with Gasteiger partial charge in [-0.25, -0.2) is 0 Å². The van der Waals surface area contributed by atoms with Crippen molar-refractivity contribution in [3.63, 3.8) is 0 Å². The molecule has 4 rings (SSSR count). The van der Waals surface area contributed by atoms with Crippen LogP contribution < -0.4 is 0 Å². The third-order valence-corrected chi connectivity index (χ3v) is 5.78. The Morgan fingerprint density at radius 1 is 1.05 bits per heavy atom. The molecule has 20 heavy (non-hydrogen) atoms. The van der Waals surface area contributed by atoms with Crippen LogP contribution in [0.2, 0.25) is 0 Å². The van der Waals surface area contributed by atoms with Crippen LogP contribution >= 0.6 is 0 Å². The molecular weight excluding hydrogens is 256 g/mol. The van der Waals surface area contributed by atoms with Crippen molar-refractivity contribution in [1.29, 1.82) is 0 Å². The Bertz CT molecular complexity index is 409. The maximum atomic E-state index is 12.4. The molecule has 8 atom stereocenters. The molecule has 4 nitrogen and oxygen atoms in total. The van der Waals surface area contributed by atoms with E-state index in [1.165, 1.54) is 0 Å². The van der Waals surface area contributed by atoms with E-state index in [0.717, 1.165) is 32.1 Å². The molecule has 0 N–H and O–H groups in total. The van der Waals surface area contributed by atoms with Crippen molar-refractivity contribution in [1.82, 2.24) is 0 Å². The van der Waals surface area contributed by atoms with Crippen LogP contribution in [0.1, 0.15) is 46.0 Å². The molecule has 2 saturated carbocycles. The zero-order valence-electron chi connectivity index (χ0n) is 12.3. The van der Waals surface area contributed by atoms with Gasteiger partial charge in [-0.3, -0.25) is 4.79 Å². The van der Waals surface area contributed by atoms with Gasteiger partial charge in [-0.15, -0.1) is 0 Å². The van der Waals surface area contributed by atoms with Crippen molar-refractivity contribution >= 4 is 5.97 Å². The minimum Gasteiger partial charge on any atom is -0.462 e. The predicted molar refractivity (Wildman–Crippen MR) is 72.1 cm³/mol. The molecule has 0 aromatic carbocycles. The molecule has 8 unspecified atom stereocenters. The molecule has 4 heteroatoms. The van der Waals surface area contributed by atoms with Crippen molar-refractivity contribution in [3.8, 4) is 0 Å². The van der Waals surface area contributed by atoms with Crippen molar-refractivity contribution in [3.05, 3.63) is 0 Å². The first kappa shape index (κ1) is 13.1. The van der Waals surface area contributed by atoms with Crippen LogP contribution in [0.15, 0.2) is 0 Å². The summed E-state index contributed by atoms with van der Waals surface area (Å²) >= 11 is 0. The Balaban J connectivity index is 1.32. The van der Waals surface area contributed by atoms with Gasteiger partial charge in [0.2, 0.25) is 0 Å². The Hall–Kier alpha value is -0.610. The SMILES string of the molecule is CC1CC2OC2CC1C(=O)OC(C)C1CCC2OC2C1. The number of ether oxygens (including phenoxy) is 3. The van der Waals surface area contributed by atoms with E-state index in [4.69, 9.17) is 14.2 Å². The van der Waals surface area contributed by atoms with Gasteiger partial charge in [0.15, 0.2) is 0 Å². The van der Waals surface area contributed by atoms with Crippen LogP contribution in [0, 0.1) is 17.8 Å². The van der Waals surface area contributed by atoms with Crippen molar-refractivity contribution < 1.29 is 19.0 Å². The number of epoxide rings is 2. The fraction of sp³-hybridized carbons (Fsp3) is 0.938. The molecule has 0 aromatic heterocycles. The summed E-state index contributed by atoms with van der Waals surface area (Å²) in [6.07, 6.45) is 6.93. The fourth-order valence-electron chi connectivity index (χ4n) is 4.16. The topological polar surface area (TPSA) is 51.4 Å². The number of hydrogen-bond donors (Lipinski definition) is 0. The number of rotatable bonds is 3. The van der Waals surface area contributed by atoms with Crippen LogP contribution in [0.25, 0.3) is 0 Å². The molecule has 2 aliphatic carbocycles. The highest BCUT2D eigenvalue weighted by Gasteiger charge is 2.50. The third-order valence-electron chi connectivity index (χ3n) is 5.78. The number of esters is 1. The largest absolute Gasteiger partial charge is 0.462 e. The van der Waals surface area contributed by atoms with Crippen molar-refractivity contribution in [2.45, 2.75) is 76.5 Å². The molecule has 2 aliphatic heterocycles. The predicted octanol–water partition coefficient (Wildman–Crippen LogP) is 2.30. The van der Waals surface area contributed by atoms with E-state index >= 15 is 0 Å². The molecule has 0 amide bonds. The number of carbonyl (C=O) groups is 1. The van der Waals surface area contributed by atoms with Gasteiger partial charge in [-0.2, -0.15) is 0 Å². The van der Waals surface area contributed by atoms with E-state index in [-0.39, 0.29) is 18.0 Å². The van der Waals surface area contributed by atoms with Gasteiger partial charge >= 0.3 is 5.97 Å². The second-order valence-corrected chi connectivity index (χ2v) is 7.20. The average molecular weight is 280 g/mol. The van der Waals surface area contributed by atoms with E-state index in [0.29, 0.717) is 36.3 Å². The summed E-state index contributed by atoms with van der Waals surface area (Å²) in [5.74, 6) is 0.903. The zero-order valence-corrected chi connectivity index (χ0v) is 12.3. The van der Waals surface area contributed by atoms with E-state index in [2.05, 4.69) is 13.8 Å². The van der Waals surface area contributed by atoms with E-state index in [9.17, 15) is 4.79 Å². The Labute approximate surface area is 120 Å². The Morgan fingerprint density at radius 3 is 2.55 bits per heavy atom. The standard InChI is InChI=1S/C16H24O4/c1-8-5-13-15(20-13)7-11(8)16(17)18-9(2)10-3-4-12-14(6-10)19-12/h8-15H,3-7H2,1-2H3. The lowest BCUT2D eigenvalue weighted by Gasteiger charge is -2.30. The molecule has 2 saturated heterocycles. The summed E-state index contributed by atoms with van der Waals surface area (Å²) in [6.45, 7) is 4.20. The van der Waals surface area contributed by atoms with E-state index in [1.54, 1.807) is 0 Å². The number of fused-ring (bicyclic) bond motifs is 2. The minimum absolute atomic E-state index is 0.00205. The highest BCUT2D eigenvalue weighted by Crippen LogP contribution is 2.44.